The van der Waals surface area contributed by atoms with E-state index in [1.54, 1.807) is 0 Å². The summed E-state index contributed by atoms with van der Waals surface area (Å²) in [5.41, 5.74) is -2.06. The van der Waals surface area contributed by atoms with Gasteiger partial charge in [-0.05, 0) is 37.7 Å². The molecular formula is C25H34O8. The topological polar surface area (TPSA) is 112 Å². The van der Waals surface area contributed by atoms with Gasteiger partial charge in [0, 0.05) is 20.0 Å². The lowest BCUT2D eigenvalue weighted by Crippen LogP contribution is -2.64. The van der Waals surface area contributed by atoms with Crippen LogP contribution >= 0.6 is 0 Å². The standard InChI is InChI=1S/C25H34O8/c1-17(14-18(2)15-19-8-6-5-7-9-19)10-11-23(31-4)12-13-24(33-23)21(27)32-20(16-26)25(24,29)22(28)30-3/h5-9,14,18,20,26,29H,10-13,15-16H2,1-4H3/b17-14+/t18-,20+,23?,24-,25+/m0/s1. The van der Waals surface area contributed by atoms with E-state index in [0.29, 0.717) is 18.8 Å². The fraction of sp³-hybridized carbons (Fsp3) is 0.600. The molecule has 0 aromatic heterocycles. The zero-order valence-electron chi connectivity index (χ0n) is 19.7. The molecule has 1 aromatic rings. The number of allylic oxidation sites excluding steroid dienone is 2. The molecule has 2 N–H and O–H groups in total. The molecular weight excluding hydrogens is 428 g/mol. The molecule has 1 unspecified atom stereocenters. The van der Waals surface area contributed by atoms with Gasteiger partial charge in [0.05, 0.1) is 13.7 Å². The normalized spacial score (nSPS) is 32.7. The highest BCUT2D eigenvalue weighted by atomic mass is 16.7. The zero-order chi connectivity index (χ0) is 24.3. The molecule has 1 spiro atoms. The van der Waals surface area contributed by atoms with Gasteiger partial charge < -0.3 is 29.2 Å². The van der Waals surface area contributed by atoms with Crippen molar-refractivity contribution in [1.29, 1.82) is 0 Å². The maximum absolute atomic E-state index is 12.8. The van der Waals surface area contributed by atoms with Crippen LogP contribution in [0, 0.1) is 5.92 Å². The van der Waals surface area contributed by atoms with Crippen molar-refractivity contribution < 1.29 is 38.7 Å². The molecule has 2 fully saturated rings. The van der Waals surface area contributed by atoms with Crippen molar-refractivity contribution in [3.63, 3.8) is 0 Å². The van der Waals surface area contributed by atoms with Gasteiger partial charge >= 0.3 is 11.9 Å². The minimum Gasteiger partial charge on any atom is -0.467 e. The summed E-state index contributed by atoms with van der Waals surface area (Å²) in [6, 6.07) is 10.3. The molecule has 182 valence electrons. The Kier molecular flexibility index (Phi) is 7.63. The van der Waals surface area contributed by atoms with Crippen molar-refractivity contribution in [2.24, 2.45) is 5.92 Å². The highest BCUT2D eigenvalue weighted by molar-refractivity contribution is 5.97. The van der Waals surface area contributed by atoms with Crippen molar-refractivity contribution in [1.82, 2.24) is 0 Å². The maximum atomic E-state index is 12.8. The highest BCUT2D eigenvalue weighted by Gasteiger charge is 2.77. The summed E-state index contributed by atoms with van der Waals surface area (Å²) in [6.45, 7) is 3.44. The minimum atomic E-state index is -2.47. The van der Waals surface area contributed by atoms with Crippen molar-refractivity contribution in [3.8, 4) is 0 Å². The van der Waals surface area contributed by atoms with Crippen LogP contribution in [0.3, 0.4) is 0 Å². The van der Waals surface area contributed by atoms with Crippen molar-refractivity contribution in [2.45, 2.75) is 69.0 Å². The maximum Gasteiger partial charge on any atom is 0.345 e. The fourth-order valence-electron chi connectivity index (χ4n) is 4.97. The van der Waals surface area contributed by atoms with Gasteiger partial charge in [-0.15, -0.1) is 0 Å². The predicted molar refractivity (Wildman–Crippen MR) is 119 cm³/mol. The smallest absolute Gasteiger partial charge is 0.345 e. The van der Waals surface area contributed by atoms with E-state index in [0.717, 1.165) is 19.1 Å². The van der Waals surface area contributed by atoms with E-state index in [2.05, 4.69) is 25.1 Å². The van der Waals surface area contributed by atoms with Crippen LogP contribution in [0.25, 0.3) is 0 Å². The first-order valence-corrected chi connectivity index (χ1v) is 11.3. The number of aliphatic hydroxyl groups excluding tert-OH is 1. The number of rotatable bonds is 9. The molecule has 33 heavy (non-hydrogen) atoms. The van der Waals surface area contributed by atoms with Crippen LogP contribution in [0.15, 0.2) is 42.0 Å². The second-order valence-electron chi connectivity index (χ2n) is 9.06. The van der Waals surface area contributed by atoms with Crippen LogP contribution in [0.2, 0.25) is 0 Å². The Balaban J connectivity index is 1.73. The summed E-state index contributed by atoms with van der Waals surface area (Å²) in [6.07, 6.45) is 2.96. The number of methoxy groups -OCH3 is 2. The molecule has 0 saturated carbocycles. The third-order valence-corrected chi connectivity index (χ3v) is 6.78. The van der Waals surface area contributed by atoms with E-state index >= 15 is 0 Å². The molecule has 2 saturated heterocycles. The Bertz CT molecular complexity index is 884. The second-order valence-corrected chi connectivity index (χ2v) is 9.06. The number of aliphatic hydroxyl groups is 2. The van der Waals surface area contributed by atoms with Gasteiger partial charge in [0.1, 0.15) is 0 Å². The van der Waals surface area contributed by atoms with Gasteiger partial charge in [-0.25, -0.2) is 9.59 Å². The van der Waals surface area contributed by atoms with Crippen LogP contribution in [0.4, 0.5) is 0 Å². The Labute approximate surface area is 194 Å². The average Bonchev–Trinajstić information content (AvgIpc) is 3.31. The van der Waals surface area contributed by atoms with Gasteiger partial charge in [-0.1, -0.05) is 48.9 Å². The Morgan fingerprint density at radius 3 is 2.58 bits per heavy atom. The molecule has 2 heterocycles. The van der Waals surface area contributed by atoms with E-state index in [9.17, 15) is 19.8 Å². The first kappa shape index (κ1) is 25.4. The molecule has 8 heteroatoms. The van der Waals surface area contributed by atoms with Crippen molar-refractivity contribution in [2.75, 3.05) is 20.8 Å². The number of hydrogen-bond acceptors (Lipinski definition) is 8. The van der Waals surface area contributed by atoms with E-state index in [1.165, 1.54) is 12.7 Å². The SMILES string of the molecule is COC(=O)[C@]1(O)[C@@H](CO)OC(=O)[C@@]12CCC(CC/C(C)=C/[C@H](C)Cc1ccccc1)(OC)O2. The molecule has 3 rings (SSSR count). The van der Waals surface area contributed by atoms with Gasteiger partial charge in [0.15, 0.2) is 11.9 Å². The molecule has 0 amide bonds. The summed E-state index contributed by atoms with van der Waals surface area (Å²) in [5, 5.41) is 20.9. The second kappa shape index (κ2) is 9.93. The number of benzene rings is 1. The average molecular weight is 463 g/mol. The van der Waals surface area contributed by atoms with Crippen LogP contribution in [0.1, 0.15) is 45.1 Å². The summed E-state index contributed by atoms with van der Waals surface area (Å²) in [7, 11) is 2.56. The summed E-state index contributed by atoms with van der Waals surface area (Å²) in [5.74, 6) is -2.85. The van der Waals surface area contributed by atoms with Crippen LogP contribution in [0.5, 0.6) is 0 Å². The van der Waals surface area contributed by atoms with Gasteiger partial charge in [-0.2, -0.15) is 0 Å². The number of hydrogen-bond donors (Lipinski definition) is 2. The first-order valence-electron chi connectivity index (χ1n) is 11.3. The highest BCUT2D eigenvalue weighted by Crippen LogP contribution is 2.52. The van der Waals surface area contributed by atoms with Crippen LogP contribution in [-0.4, -0.2) is 66.1 Å². The lowest BCUT2D eigenvalue weighted by atomic mass is 9.79. The third kappa shape index (κ3) is 4.57. The molecule has 0 radical (unpaired) electrons. The Hall–Kier alpha value is -2.26. The fourth-order valence-corrected chi connectivity index (χ4v) is 4.97. The van der Waals surface area contributed by atoms with Crippen molar-refractivity contribution >= 4 is 11.9 Å². The lowest BCUT2D eigenvalue weighted by Gasteiger charge is -2.37. The summed E-state index contributed by atoms with van der Waals surface area (Å²) >= 11 is 0. The van der Waals surface area contributed by atoms with E-state index in [1.807, 2.05) is 25.1 Å². The van der Waals surface area contributed by atoms with Crippen LogP contribution in [-0.2, 0) is 35.0 Å². The van der Waals surface area contributed by atoms with E-state index in [-0.39, 0.29) is 12.8 Å². The zero-order valence-corrected chi connectivity index (χ0v) is 19.7. The van der Waals surface area contributed by atoms with Gasteiger partial charge in [0.25, 0.3) is 0 Å². The quantitative estimate of drug-likeness (QED) is 0.425. The first-order chi connectivity index (χ1) is 15.7. The number of carbonyl (C=O) groups is 2. The van der Waals surface area contributed by atoms with Crippen LogP contribution < -0.4 is 0 Å². The number of ether oxygens (including phenoxy) is 4. The molecule has 2 aliphatic rings. The summed E-state index contributed by atoms with van der Waals surface area (Å²) in [4.78, 5) is 25.3. The molecule has 8 nitrogen and oxygen atoms in total. The lowest BCUT2D eigenvalue weighted by molar-refractivity contribution is -0.268. The molecule has 5 atom stereocenters. The molecule has 1 aromatic carbocycles. The van der Waals surface area contributed by atoms with Gasteiger partial charge in [0.2, 0.25) is 11.2 Å². The Morgan fingerprint density at radius 1 is 1.27 bits per heavy atom. The van der Waals surface area contributed by atoms with E-state index < -0.39 is 41.6 Å². The predicted octanol–water partition coefficient (Wildman–Crippen LogP) is 2.31. The Morgan fingerprint density at radius 2 is 1.97 bits per heavy atom. The van der Waals surface area contributed by atoms with Crippen molar-refractivity contribution in [3.05, 3.63) is 47.5 Å². The molecule has 2 aliphatic heterocycles. The number of esters is 2. The summed E-state index contributed by atoms with van der Waals surface area (Å²) < 4.78 is 21.6. The minimum absolute atomic E-state index is 0.00501. The largest absolute Gasteiger partial charge is 0.467 e. The number of cyclic esters (lactones) is 1. The molecule has 0 bridgehead atoms. The van der Waals surface area contributed by atoms with E-state index in [4.69, 9.17) is 18.9 Å². The number of carbonyl (C=O) groups excluding carboxylic acids is 2. The monoisotopic (exact) mass is 462 g/mol. The van der Waals surface area contributed by atoms with Gasteiger partial charge in [-0.3, -0.25) is 0 Å². The third-order valence-electron chi connectivity index (χ3n) is 6.78. The molecule has 0 aliphatic carbocycles.